The number of carbonyl (C=O) groups is 1. The van der Waals surface area contributed by atoms with E-state index in [9.17, 15) is 9.90 Å². The van der Waals surface area contributed by atoms with Gasteiger partial charge in [0, 0.05) is 22.4 Å². The van der Waals surface area contributed by atoms with Crippen LogP contribution in [0.4, 0.5) is 0 Å². The lowest BCUT2D eigenvalue weighted by Gasteiger charge is -2.09. The minimum absolute atomic E-state index is 0.0658. The molecule has 0 radical (unpaired) electrons. The molecule has 6 heteroatoms. The van der Waals surface area contributed by atoms with E-state index in [1.165, 1.54) is 0 Å². The van der Waals surface area contributed by atoms with Crippen LogP contribution in [0.3, 0.4) is 0 Å². The Bertz CT molecular complexity index is 1270. The fraction of sp³-hybridized carbons (Fsp3) is 0.130. The van der Waals surface area contributed by atoms with Gasteiger partial charge < -0.3 is 9.67 Å². The van der Waals surface area contributed by atoms with Crippen LogP contribution in [0, 0.1) is 0 Å². The lowest BCUT2D eigenvalue weighted by Crippen LogP contribution is -2.21. The van der Waals surface area contributed by atoms with Gasteiger partial charge in [-0.15, -0.1) is 0 Å². The summed E-state index contributed by atoms with van der Waals surface area (Å²) in [6.07, 6.45) is 0.648. The smallest absolute Gasteiger partial charge is 0.275 e. The van der Waals surface area contributed by atoms with Gasteiger partial charge in [0.15, 0.2) is 0 Å². The Hall–Kier alpha value is -3.12. The normalized spacial score (nSPS) is 11.9. The van der Waals surface area contributed by atoms with Crippen molar-refractivity contribution in [2.24, 2.45) is 12.1 Å². The number of benzene rings is 3. The highest BCUT2D eigenvalue weighted by atomic mass is 79.9. The van der Waals surface area contributed by atoms with Gasteiger partial charge in [0.2, 0.25) is 0 Å². The second-order valence-corrected chi connectivity index (χ2v) is 7.78. The number of halogens is 1. The molecule has 3 aromatic carbocycles. The summed E-state index contributed by atoms with van der Waals surface area (Å²) in [6.45, 7) is 1.99. The Balaban J connectivity index is 1.66. The first kappa shape index (κ1) is 19.2. The second kappa shape index (κ2) is 7.72. The summed E-state index contributed by atoms with van der Waals surface area (Å²) in [6, 6.07) is 19.0. The van der Waals surface area contributed by atoms with Crippen molar-refractivity contribution in [2.75, 3.05) is 0 Å². The maximum absolute atomic E-state index is 12.7. The average molecular weight is 450 g/mol. The number of hydrogen-bond donors (Lipinski definition) is 2. The Morgan fingerprint density at radius 2 is 1.79 bits per heavy atom. The van der Waals surface area contributed by atoms with E-state index in [0.717, 1.165) is 37.6 Å². The number of aryl methyl sites for hydroxylation is 1. The molecule has 5 nitrogen and oxygen atoms in total. The predicted octanol–water partition coefficient (Wildman–Crippen LogP) is 5.34. The summed E-state index contributed by atoms with van der Waals surface area (Å²) in [5.74, 6) is -0.510. The van der Waals surface area contributed by atoms with Crippen LogP contribution in [-0.4, -0.2) is 21.3 Å². The largest absolute Gasteiger partial charge is 0.507 e. The van der Waals surface area contributed by atoms with Gasteiger partial charge in [-0.1, -0.05) is 47.1 Å². The first-order valence-electron chi connectivity index (χ1n) is 9.32. The number of phenolic OH excluding ortho intramolecular Hbond substituents is 1. The summed E-state index contributed by atoms with van der Waals surface area (Å²) in [5, 5.41) is 17.5. The third-order valence-corrected chi connectivity index (χ3v) is 5.53. The number of carbonyl (C=O) groups excluding carboxylic acids is 1. The van der Waals surface area contributed by atoms with Gasteiger partial charge in [0.05, 0.1) is 17.0 Å². The fourth-order valence-electron chi connectivity index (χ4n) is 3.50. The zero-order valence-corrected chi connectivity index (χ0v) is 17.7. The summed E-state index contributed by atoms with van der Waals surface area (Å²) in [7, 11) is 1.98. The lowest BCUT2D eigenvalue weighted by atomic mass is 10.1. The number of amides is 1. The number of fused-ring (bicyclic) bond motifs is 2. The van der Waals surface area contributed by atoms with Gasteiger partial charge >= 0.3 is 0 Å². The van der Waals surface area contributed by atoms with Crippen LogP contribution in [0.2, 0.25) is 0 Å². The number of phenols is 1. The zero-order chi connectivity index (χ0) is 20.5. The van der Waals surface area contributed by atoms with Gasteiger partial charge in [-0.3, -0.25) is 4.79 Å². The second-order valence-electron chi connectivity index (χ2n) is 6.86. The molecular weight excluding hydrogens is 430 g/mol. The van der Waals surface area contributed by atoms with Gasteiger partial charge in [0.25, 0.3) is 5.91 Å². The van der Waals surface area contributed by atoms with Crippen molar-refractivity contribution in [1.82, 2.24) is 9.99 Å². The number of hydrogen-bond acceptors (Lipinski definition) is 3. The predicted molar refractivity (Wildman–Crippen MR) is 121 cm³/mol. The molecule has 1 aromatic heterocycles. The van der Waals surface area contributed by atoms with Crippen LogP contribution in [0.15, 0.2) is 70.2 Å². The number of nitrogens with one attached hydrogen (secondary N) is 1. The highest BCUT2D eigenvalue weighted by Crippen LogP contribution is 2.26. The van der Waals surface area contributed by atoms with Gasteiger partial charge in [0.1, 0.15) is 5.75 Å². The van der Waals surface area contributed by atoms with Crippen molar-refractivity contribution >= 4 is 49.2 Å². The van der Waals surface area contributed by atoms with Crippen molar-refractivity contribution < 1.29 is 9.90 Å². The van der Waals surface area contributed by atoms with Gasteiger partial charge in [-0.2, -0.15) is 5.10 Å². The van der Waals surface area contributed by atoms with Crippen molar-refractivity contribution in [2.45, 2.75) is 13.3 Å². The molecule has 0 aliphatic rings. The molecule has 0 saturated carbocycles. The molecule has 1 heterocycles. The topological polar surface area (TPSA) is 66.6 Å². The van der Waals surface area contributed by atoms with Crippen LogP contribution in [0.1, 0.15) is 29.4 Å². The standard InChI is InChI=1S/C23H20BrN3O2/c1-3-19(21-12-16-10-17(24)8-9-20(16)27(21)2)25-26-23(29)18-11-14-6-4-5-7-15(14)13-22(18)28/h4-13,28H,3H2,1-2H3,(H,26,29). The number of nitrogens with zero attached hydrogens (tertiary/aromatic N) is 2. The van der Waals surface area contributed by atoms with Crippen molar-refractivity contribution in [3.63, 3.8) is 0 Å². The maximum atomic E-state index is 12.7. The SMILES string of the molecule is CCC(=NNC(=O)c1cc2ccccc2cc1O)c1cc2cc(Br)ccc2n1C. The van der Waals surface area contributed by atoms with E-state index >= 15 is 0 Å². The minimum Gasteiger partial charge on any atom is -0.507 e. The molecule has 0 saturated heterocycles. The monoisotopic (exact) mass is 449 g/mol. The Morgan fingerprint density at radius 3 is 2.52 bits per heavy atom. The highest BCUT2D eigenvalue weighted by molar-refractivity contribution is 9.10. The van der Waals surface area contributed by atoms with E-state index in [1.807, 2.05) is 50.4 Å². The summed E-state index contributed by atoms with van der Waals surface area (Å²) in [4.78, 5) is 12.7. The first-order valence-corrected chi connectivity index (χ1v) is 10.1. The molecule has 0 fully saturated rings. The molecule has 0 aliphatic heterocycles. The van der Waals surface area contributed by atoms with Crippen molar-refractivity contribution in [3.8, 4) is 5.75 Å². The Kier molecular flexibility index (Phi) is 5.11. The van der Waals surface area contributed by atoms with Crippen LogP contribution < -0.4 is 5.43 Å². The van der Waals surface area contributed by atoms with E-state index in [4.69, 9.17) is 0 Å². The molecular formula is C23H20BrN3O2. The van der Waals surface area contributed by atoms with Crippen LogP contribution in [0.5, 0.6) is 5.75 Å². The number of rotatable bonds is 4. The Labute approximate surface area is 176 Å². The summed E-state index contributed by atoms with van der Waals surface area (Å²) in [5.41, 5.74) is 5.58. The average Bonchev–Trinajstić information content (AvgIpc) is 3.03. The molecule has 1 amide bonds. The molecule has 0 bridgehead atoms. The first-order chi connectivity index (χ1) is 14.0. The summed E-state index contributed by atoms with van der Waals surface area (Å²) < 4.78 is 3.07. The van der Waals surface area contributed by atoms with Crippen LogP contribution >= 0.6 is 15.9 Å². The van der Waals surface area contributed by atoms with E-state index < -0.39 is 5.91 Å². The van der Waals surface area contributed by atoms with E-state index in [-0.39, 0.29) is 11.3 Å². The minimum atomic E-state index is -0.444. The number of aromatic nitrogens is 1. The Morgan fingerprint density at radius 1 is 1.07 bits per heavy atom. The number of hydrazone groups is 1. The highest BCUT2D eigenvalue weighted by Gasteiger charge is 2.14. The molecule has 2 N–H and O–H groups in total. The molecule has 146 valence electrons. The quantitative estimate of drug-likeness (QED) is 0.326. The lowest BCUT2D eigenvalue weighted by molar-refractivity contribution is 0.0952. The van der Waals surface area contributed by atoms with E-state index in [1.54, 1.807) is 12.1 Å². The van der Waals surface area contributed by atoms with Gasteiger partial charge in [-0.05, 0) is 53.6 Å². The van der Waals surface area contributed by atoms with Crippen molar-refractivity contribution in [1.29, 1.82) is 0 Å². The molecule has 0 atom stereocenters. The number of aromatic hydroxyl groups is 1. The van der Waals surface area contributed by atoms with E-state index in [2.05, 4.69) is 43.2 Å². The summed E-state index contributed by atoms with van der Waals surface area (Å²) >= 11 is 3.50. The third kappa shape index (κ3) is 3.63. The molecule has 4 rings (SSSR count). The molecule has 0 aliphatic carbocycles. The van der Waals surface area contributed by atoms with Crippen molar-refractivity contribution in [3.05, 3.63) is 76.4 Å². The molecule has 4 aromatic rings. The third-order valence-electron chi connectivity index (χ3n) is 5.04. The van der Waals surface area contributed by atoms with Crippen LogP contribution in [0.25, 0.3) is 21.7 Å². The van der Waals surface area contributed by atoms with E-state index in [0.29, 0.717) is 6.42 Å². The molecule has 0 spiro atoms. The maximum Gasteiger partial charge on any atom is 0.275 e. The zero-order valence-electron chi connectivity index (χ0n) is 16.1. The van der Waals surface area contributed by atoms with Gasteiger partial charge in [-0.25, -0.2) is 5.43 Å². The molecule has 0 unspecified atom stereocenters. The van der Waals surface area contributed by atoms with Crippen LogP contribution in [-0.2, 0) is 7.05 Å². The molecule has 29 heavy (non-hydrogen) atoms. The fourth-order valence-corrected chi connectivity index (χ4v) is 3.88.